The molecule has 1 atom stereocenters. The fourth-order valence-corrected chi connectivity index (χ4v) is 2.01. The van der Waals surface area contributed by atoms with Crippen LogP contribution in [0.25, 0.3) is 0 Å². The summed E-state index contributed by atoms with van der Waals surface area (Å²) >= 11 is 0. The van der Waals surface area contributed by atoms with Crippen LogP contribution in [0.2, 0.25) is 0 Å². The predicted octanol–water partition coefficient (Wildman–Crippen LogP) is 3.07. The quantitative estimate of drug-likeness (QED) is 0.830. The Bertz CT molecular complexity index is 394. The Labute approximate surface area is 117 Å². The van der Waals surface area contributed by atoms with E-state index in [9.17, 15) is 5.11 Å². The van der Waals surface area contributed by atoms with Crippen molar-refractivity contribution >= 4 is 0 Å². The maximum Gasteiger partial charge on any atom is 0.125 e. The topological polar surface area (TPSA) is 41.5 Å². The second-order valence-corrected chi connectivity index (χ2v) is 6.13. The first kappa shape index (κ1) is 16.0. The van der Waals surface area contributed by atoms with Gasteiger partial charge in [0.1, 0.15) is 5.75 Å². The highest BCUT2D eigenvalue weighted by molar-refractivity contribution is 5.37. The summed E-state index contributed by atoms with van der Waals surface area (Å²) in [6, 6.07) is 7.70. The van der Waals surface area contributed by atoms with Crippen LogP contribution >= 0.6 is 0 Å². The van der Waals surface area contributed by atoms with Gasteiger partial charge in [-0.1, -0.05) is 18.2 Å². The normalized spacial score (nSPS) is 15.1. The summed E-state index contributed by atoms with van der Waals surface area (Å²) in [5.41, 5.74) is 0.0343. The van der Waals surface area contributed by atoms with Crippen molar-refractivity contribution in [2.45, 2.75) is 52.2 Å². The molecule has 0 saturated heterocycles. The molecule has 0 heterocycles. The third-order valence-electron chi connectivity index (χ3n) is 3.03. The SMILES string of the molecule is CCOc1ccccc1C(C)(O)CCNC(C)(C)C. The molecule has 1 unspecified atom stereocenters. The maximum absolute atomic E-state index is 10.7. The van der Waals surface area contributed by atoms with Gasteiger partial charge in [0.15, 0.2) is 0 Å². The molecule has 0 saturated carbocycles. The standard InChI is InChI=1S/C16H27NO2/c1-6-19-14-10-8-7-9-13(14)16(5,18)11-12-17-15(2,3)4/h7-10,17-18H,6,11-12H2,1-5H3. The molecule has 0 radical (unpaired) electrons. The Morgan fingerprint density at radius 3 is 2.37 bits per heavy atom. The molecule has 3 heteroatoms. The number of rotatable bonds is 6. The maximum atomic E-state index is 10.7. The van der Waals surface area contributed by atoms with Crippen LogP contribution < -0.4 is 10.1 Å². The van der Waals surface area contributed by atoms with E-state index < -0.39 is 5.60 Å². The Kier molecular flexibility index (Phi) is 5.39. The van der Waals surface area contributed by atoms with Crippen LogP contribution in [0.4, 0.5) is 0 Å². The number of aliphatic hydroxyl groups is 1. The number of hydrogen-bond donors (Lipinski definition) is 2. The van der Waals surface area contributed by atoms with Gasteiger partial charge in [0.25, 0.3) is 0 Å². The smallest absolute Gasteiger partial charge is 0.125 e. The minimum atomic E-state index is -0.885. The highest BCUT2D eigenvalue weighted by Crippen LogP contribution is 2.32. The van der Waals surface area contributed by atoms with E-state index in [1.54, 1.807) is 0 Å². The molecule has 108 valence electrons. The monoisotopic (exact) mass is 265 g/mol. The highest BCUT2D eigenvalue weighted by Gasteiger charge is 2.26. The number of hydrogen-bond acceptors (Lipinski definition) is 3. The van der Waals surface area contributed by atoms with E-state index in [0.717, 1.165) is 17.9 Å². The van der Waals surface area contributed by atoms with Crippen molar-refractivity contribution in [3.63, 3.8) is 0 Å². The van der Waals surface area contributed by atoms with Crippen LogP contribution in [0, 0.1) is 0 Å². The highest BCUT2D eigenvalue weighted by atomic mass is 16.5. The van der Waals surface area contributed by atoms with Crippen molar-refractivity contribution in [3.8, 4) is 5.75 Å². The summed E-state index contributed by atoms with van der Waals surface area (Å²) in [5.74, 6) is 0.769. The average molecular weight is 265 g/mol. The van der Waals surface area contributed by atoms with E-state index in [-0.39, 0.29) is 5.54 Å². The molecular formula is C16H27NO2. The molecule has 0 aliphatic heterocycles. The second-order valence-electron chi connectivity index (χ2n) is 6.13. The van der Waals surface area contributed by atoms with Gasteiger partial charge in [-0.3, -0.25) is 0 Å². The lowest BCUT2D eigenvalue weighted by Crippen LogP contribution is -2.39. The van der Waals surface area contributed by atoms with Gasteiger partial charge in [0.2, 0.25) is 0 Å². The van der Waals surface area contributed by atoms with Crippen LogP contribution in [0.15, 0.2) is 24.3 Å². The Morgan fingerprint density at radius 1 is 1.16 bits per heavy atom. The first-order valence-corrected chi connectivity index (χ1v) is 6.96. The van der Waals surface area contributed by atoms with Gasteiger partial charge in [-0.05, 0) is 53.7 Å². The van der Waals surface area contributed by atoms with Gasteiger partial charge in [0, 0.05) is 11.1 Å². The van der Waals surface area contributed by atoms with Crippen LogP contribution in [0.5, 0.6) is 5.75 Å². The number of nitrogens with one attached hydrogen (secondary N) is 1. The summed E-state index contributed by atoms with van der Waals surface area (Å²) in [7, 11) is 0. The van der Waals surface area contributed by atoms with Crippen molar-refractivity contribution in [3.05, 3.63) is 29.8 Å². The molecule has 3 nitrogen and oxygen atoms in total. The zero-order valence-corrected chi connectivity index (χ0v) is 12.8. The van der Waals surface area contributed by atoms with E-state index in [4.69, 9.17) is 4.74 Å². The van der Waals surface area contributed by atoms with Crippen molar-refractivity contribution < 1.29 is 9.84 Å². The van der Waals surface area contributed by atoms with Crippen LogP contribution in [-0.2, 0) is 5.60 Å². The fraction of sp³-hybridized carbons (Fsp3) is 0.625. The third kappa shape index (κ3) is 5.21. The molecule has 0 fully saturated rings. The first-order chi connectivity index (χ1) is 8.76. The van der Waals surface area contributed by atoms with Gasteiger partial charge in [0.05, 0.1) is 12.2 Å². The van der Waals surface area contributed by atoms with E-state index in [2.05, 4.69) is 26.1 Å². The minimum Gasteiger partial charge on any atom is -0.493 e. The molecule has 1 rings (SSSR count). The molecular weight excluding hydrogens is 238 g/mol. The molecule has 0 aliphatic rings. The molecule has 0 aliphatic carbocycles. The van der Waals surface area contributed by atoms with E-state index in [1.165, 1.54) is 0 Å². The van der Waals surface area contributed by atoms with Gasteiger partial charge in [-0.15, -0.1) is 0 Å². The van der Waals surface area contributed by atoms with Gasteiger partial charge in [-0.2, -0.15) is 0 Å². The van der Waals surface area contributed by atoms with Gasteiger partial charge < -0.3 is 15.2 Å². The number of ether oxygens (including phenoxy) is 1. The second kappa shape index (κ2) is 6.40. The fourth-order valence-electron chi connectivity index (χ4n) is 2.01. The first-order valence-electron chi connectivity index (χ1n) is 6.96. The Balaban J connectivity index is 2.76. The van der Waals surface area contributed by atoms with Gasteiger partial charge >= 0.3 is 0 Å². The Hall–Kier alpha value is -1.06. The third-order valence-corrected chi connectivity index (χ3v) is 3.03. The minimum absolute atomic E-state index is 0.0650. The molecule has 0 spiro atoms. The lowest BCUT2D eigenvalue weighted by atomic mass is 9.91. The predicted molar refractivity (Wildman–Crippen MR) is 79.6 cm³/mol. The number of benzene rings is 1. The average Bonchev–Trinajstić information content (AvgIpc) is 2.28. The van der Waals surface area contributed by atoms with Crippen LogP contribution in [-0.4, -0.2) is 23.8 Å². The largest absolute Gasteiger partial charge is 0.493 e. The van der Waals surface area contributed by atoms with Crippen molar-refractivity contribution in [1.82, 2.24) is 5.32 Å². The summed E-state index contributed by atoms with van der Waals surface area (Å²) in [5, 5.41) is 14.1. The van der Waals surface area contributed by atoms with Gasteiger partial charge in [-0.25, -0.2) is 0 Å². The zero-order chi connectivity index (χ0) is 14.5. The lowest BCUT2D eigenvalue weighted by Gasteiger charge is -2.28. The Morgan fingerprint density at radius 2 is 1.79 bits per heavy atom. The summed E-state index contributed by atoms with van der Waals surface area (Å²) in [6.45, 7) is 11.5. The van der Waals surface area contributed by atoms with Crippen molar-refractivity contribution in [2.75, 3.05) is 13.2 Å². The molecule has 19 heavy (non-hydrogen) atoms. The van der Waals surface area contributed by atoms with Crippen molar-refractivity contribution in [1.29, 1.82) is 0 Å². The van der Waals surface area contributed by atoms with Crippen LogP contribution in [0.1, 0.15) is 46.6 Å². The zero-order valence-electron chi connectivity index (χ0n) is 12.8. The molecule has 1 aromatic rings. The summed E-state index contributed by atoms with van der Waals surface area (Å²) < 4.78 is 5.59. The van der Waals surface area contributed by atoms with E-state index in [0.29, 0.717) is 13.0 Å². The van der Waals surface area contributed by atoms with E-state index >= 15 is 0 Å². The number of para-hydroxylation sites is 1. The molecule has 2 N–H and O–H groups in total. The summed E-state index contributed by atoms with van der Waals surface area (Å²) in [6.07, 6.45) is 0.647. The van der Waals surface area contributed by atoms with E-state index in [1.807, 2.05) is 38.1 Å². The molecule has 0 aromatic heterocycles. The van der Waals surface area contributed by atoms with Crippen molar-refractivity contribution in [2.24, 2.45) is 0 Å². The molecule has 0 amide bonds. The van der Waals surface area contributed by atoms with Crippen LogP contribution in [0.3, 0.4) is 0 Å². The summed E-state index contributed by atoms with van der Waals surface area (Å²) in [4.78, 5) is 0. The lowest BCUT2D eigenvalue weighted by molar-refractivity contribution is 0.0434. The molecule has 0 bridgehead atoms. The molecule has 1 aromatic carbocycles.